The number of hydrogen-bond donors (Lipinski definition) is 1. The minimum Gasteiger partial charge on any atom is -0.490 e. The number of nitrogens with zero attached hydrogens (tertiary/aromatic N) is 3. The van der Waals surface area contributed by atoms with Gasteiger partial charge >= 0.3 is 6.18 Å². The molecule has 12 heteroatoms. The van der Waals surface area contributed by atoms with Crippen molar-refractivity contribution in [1.82, 2.24) is 10.2 Å². The van der Waals surface area contributed by atoms with Crippen LogP contribution in [0.15, 0.2) is 48.0 Å². The molecule has 1 aromatic heterocycles. The van der Waals surface area contributed by atoms with Crippen LogP contribution in [0.3, 0.4) is 0 Å². The third kappa shape index (κ3) is 8.44. The number of anilines is 1. The van der Waals surface area contributed by atoms with Gasteiger partial charge in [0.05, 0.1) is 6.61 Å². The van der Waals surface area contributed by atoms with Gasteiger partial charge in [-0.2, -0.15) is 18.4 Å². The van der Waals surface area contributed by atoms with Crippen LogP contribution in [0.5, 0.6) is 17.2 Å². The third-order valence-electron chi connectivity index (χ3n) is 5.16. The fourth-order valence-corrected chi connectivity index (χ4v) is 3.84. The lowest BCUT2D eigenvalue weighted by molar-refractivity contribution is -0.138. The van der Waals surface area contributed by atoms with Crippen LogP contribution < -0.4 is 19.5 Å². The Morgan fingerprint density at radius 1 is 1.03 bits per heavy atom. The molecule has 206 valence electrons. The van der Waals surface area contributed by atoms with Crippen molar-refractivity contribution in [2.75, 3.05) is 25.1 Å². The molecule has 0 saturated heterocycles. The van der Waals surface area contributed by atoms with Gasteiger partial charge in [-0.25, -0.2) is 0 Å². The molecule has 1 N–H and O–H groups in total. The molecule has 0 aliphatic heterocycles. The van der Waals surface area contributed by atoms with E-state index in [1.54, 1.807) is 31.2 Å². The second-order valence-corrected chi connectivity index (χ2v) is 10.1. The van der Waals surface area contributed by atoms with E-state index in [1.165, 1.54) is 11.6 Å². The average molecular weight is 561 g/mol. The topological polar surface area (TPSA) is 106 Å². The SMILES string of the molecule is CCOc1cc(C=C(C#N)C(=O)Nc2nnc(C(F)(F)F)s2)ccc1OCCOc1ccc(C(C)(C)C)cc1. The van der Waals surface area contributed by atoms with Gasteiger partial charge in [0.25, 0.3) is 5.91 Å². The van der Waals surface area contributed by atoms with Gasteiger partial charge in [-0.3, -0.25) is 10.1 Å². The number of aromatic nitrogens is 2. The summed E-state index contributed by atoms with van der Waals surface area (Å²) in [5, 5.41) is 16.3. The van der Waals surface area contributed by atoms with E-state index in [9.17, 15) is 23.2 Å². The lowest BCUT2D eigenvalue weighted by Gasteiger charge is -2.19. The standard InChI is InChI=1S/C27H27F3N4O4S/c1-5-36-22-15-17(14-18(16-31)23(35)32-25-34-33-24(39-25)27(28,29)30)6-11-21(22)38-13-12-37-20-9-7-19(8-10-20)26(2,3)4/h6-11,14-15H,5,12-13H2,1-4H3,(H,32,34,35). The summed E-state index contributed by atoms with van der Waals surface area (Å²) in [4.78, 5) is 12.4. The van der Waals surface area contributed by atoms with Crippen molar-refractivity contribution in [1.29, 1.82) is 5.26 Å². The molecule has 0 aliphatic rings. The third-order valence-corrected chi connectivity index (χ3v) is 6.05. The summed E-state index contributed by atoms with van der Waals surface area (Å²) in [5.74, 6) is 0.630. The first-order chi connectivity index (χ1) is 18.4. The van der Waals surface area contributed by atoms with Crippen LogP contribution in [0.25, 0.3) is 6.08 Å². The van der Waals surface area contributed by atoms with Crippen molar-refractivity contribution >= 4 is 28.5 Å². The number of amides is 1. The van der Waals surface area contributed by atoms with Crippen molar-refractivity contribution in [3.05, 3.63) is 64.2 Å². The summed E-state index contributed by atoms with van der Waals surface area (Å²) < 4.78 is 55.3. The van der Waals surface area contributed by atoms with Crippen LogP contribution in [-0.4, -0.2) is 35.9 Å². The molecule has 39 heavy (non-hydrogen) atoms. The summed E-state index contributed by atoms with van der Waals surface area (Å²) in [6.45, 7) is 9.08. The van der Waals surface area contributed by atoms with Crippen LogP contribution in [-0.2, 0) is 16.4 Å². The van der Waals surface area contributed by atoms with Crippen molar-refractivity contribution in [2.24, 2.45) is 0 Å². The summed E-state index contributed by atoms with van der Waals surface area (Å²) in [6, 6.07) is 14.4. The number of rotatable bonds is 10. The number of hydrogen-bond acceptors (Lipinski definition) is 8. The Balaban J connectivity index is 1.63. The number of nitrogens with one attached hydrogen (secondary N) is 1. The molecule has 0 radical (unpaired) electrons. The zero-order chi connectivity index (χ0) is 28.6. The van der Waals surface area contributed by atoms with Crippen molar-refractivity contribution in [2.45, 2.75) is 39.3 Å². The Labute approximate surface area is 228 Å². The minimum atomic E-state index is -4.68. The van der Waals surface area contributed by atoms with Crippen LogP contribution >= 0.6 is 11.3 Å². The molecule has 3 aromatic rings. The zero-order valence-electron chi connectivity index (χ0n) is 21.8. The highest BCUT2D eigenvalue weighted by atomic mass is 32.1. The lowest BCUT2D eigenvalue weighted by atomic mass is 9.87. The van der Waals surface area contributed by atoms with Crippen LogP contribution in [0.1, 0.15) is 43.8 Å². The fraction of sp³-hybridized carbons (Fsp3) is 0.333. The maximum Gasteiger partial charge on any atom is 0.445 e. The Bertz CT molecular complexity index is 1360. The molecule has 1 amide bonds. The number of ether oxygens (including phenoxy) is 3. The first kappa shape index (κ1) is 29.4. The maximum absolute atomic E-state index is 12.7. The van der Waals surface area contributed by atoms with Gasteiger partial charge in [0.1, 0.15) is 30.6 Å². The van der Waals surface area contributed by atoms with E-state index in [2.05, 4.69) is 36.3 Å². The number of carbonyl (C=O) groups excluding carboxylic acids is 1. The van der Waals surface area contributed by atoms with Crippen LogP contribution in [0, 0.1) is 11.3 Å². The second kappa shape index (κ2) is 12.6. The number of carbonyl (C=O) groups is 1. The first-order valence-corrected chi connectivity index (χ1v) is 12.7. The largest absolute Gasteiger partial charge is 0.490 e. The van der Waals surface area contributed by atoms with Crippen LogP contribution in [0.4, 0.5) is 18.3 Å². The number of halogens is 3. The zero-order valence-corrected chi connectivity index (χ0v) is 22.6. The number of benzene rings is 2. The van der Waals surface area contributed by atoms with Gasteiger partial charge in [0.15, 0.2) is 11.5 Å². The predicted octanol–water partition coefficient (Wildman–Crippen LogP) is 6.26. The summed E-state index contributed by atoms with van der Waals surface area (Å²) in [6.07, 6.45) is -3.41. The quantitative estimate of drug-likeness (QED) is 0.177. The van der Waals surface area contributed by atoms with Crippen molar-refractivity contribution in [3.63, 3.8) is 0 Å². The van der Waals surface area contributed by atoms with E-state index in [0.29, 0.717) is 30.3 Å². The summed E-state index contributed by atoms with van der Waals surface area (Å²) >= 11 is 0.160. The second-order valence-electron chi connectivity index (χ2n) is 9.14. The molecule has 8 nitrogen and oxygen atoms in total. The Kier molecular flexibility index (Phi) is 9.53. The van der Waals surface area contributed by atoms with Gasteiger partial charge in [0.2, 0.25) is 10.1 Å². The molecule has 0 spiro atoms. The van der Waals surface area contributed by atoms with Crippen LogP contribution in [0.2, 0.25) is 0 Å². The summed E-state index contributed by atoms with van der Waals surface area (Å²) in [7, 11) is 0. The van der Waals surface area contributed by atoms with E-state index >= 15 is 0 Å². The predicted molar refractivity (Wildman–Crippen MR) is 141 cm³/mol. The van der Waals surface area contributed by atoms with Gasteiger partial charge in [-0.1, -0.05) is 50.3 Å². The summed E-state index contributed by atoms with van der Waals surface area (Å²) in [5.41, 5.74) is 1.35. The molecule has 1 heterocycles. The van der Waals surface area contributed by atoms with Gasteiger partial charge < -0.3 is 14.2 Å². The molecule has 0 bridgehead atoms. The Hall–Kier alpha value is -4.11. The molecule has 0 fully saturated rings. The Morgan fingerprint density at radius 3 is 2.31 bits per heavy atom. The Morgan fingerprint density at radius 2 is 1.72 bits per heavy atom. The average Bonchev–Trinajstić information content (AvgIpc) is 3.35. The van der Waals surface area contributed by atoms with Gasteiger partial charge in [-0.15, -0.1) is 10.2 Å². The van der Waals surface area contributed by atoms with Crippen molar-refractivity contribution in [3.8, 4) is 23.3 Å². The monoisotopic (exact) mass is 560 g/mol. The van der Waals surface area contributed by atoms with E-state index in [-0.39, 0.29) is 34.1 Å². The highest BCUT2D eigenvalue weighted by molar-refractivity contribution is 7.15. The molecular formula is C27H27F3N4O4S. The van der Waals surface area contributed by atoms with Gasteiger partial charge in [-0.05, 0) is 53.8 Å². The highest BCUT2D eigenvalue weighted by Crippen LogP contribution is 2.33. The lowest BCUT2D eigenvalue weighted by Crippen LogP contribution is -2.13. The highest BCUT2D eigenvalue weighted by Gasteiger charge is 2.36. The minimum absolute atomic E-state index is 0.0515. The molecule has 0 unspecified atom stereocenters. The molecule has 0 saturated carbocycles. The molecule has 3 rings (SSSR count). The number of nitriles is 1. The normalized spacial score (nSPS) is 12.0. The van der Waals surface area contributed by atoms with E-state index in [4.69, 9.17) is 14.2 Å². The molecular weight excluding hydrogens is 533 g/mol. The van der Waals surface area contributed by atoms with Gasteiger partial charge in [0, 0.05) is 0 Å². The molecule has 2 aromatic carbocycles. The first-order valence-electron chi connectivity index (χ1n) is 11.9. The van der Waals surface area contributed by atoms with E-state index in [1.807, 2.05) is 24.3 Å². The maximum atomic E-state index is 12.7. The molecule has 0 aliphatic carbocycles. The van der Waals surface area contributed by atoms with E-state index in [0.717, 1.165) is 5.75 Å². The van der Waals surface area contributed by atoms with Crippen molar-refractivity contribution < 1.29 is 32.2 Å². The van der Waals surface area contributed by atoms with E-state index < -0.39 is 17.1 Å². The fourth-order valence-electron chi connectivity index (χ4n) is 3.23. The number of alkyl halides is 3. The molecule has 0 atom stereocenters. The smallest absolute Gasteiger partial charge is 0.445 e.